The average Bonchev–Trinajstić information content (AvgIpc) is 2.46. The molecule has 1 aliphatic heterocycles. The molecule has 0 saturated carbocycles. The molecule has 1 saturated heterocycles. The van der Waals surface area contributed by atoms with Crippen LogP contribution in [0.15, 0.2) is 30.5 Å². The van der Waals surface area contributed by atoms with Gasteiger partial charge in [-0.3, -0.25) is 4.98 Å². The zero-order chi connectivity index (χ0) is 13.2. The predicted molar refractivity (Wildman–Crippen MR) is 87.2 cm³/mol. The van der Waals surface area contributed by atoms with Gasteiger partial charge in [-0.2, -0.15) is 11.8 Å². The molecule has 1 fully saturated rings. The average molecular weight is 289 g/mol. The first-order valence-corrected chi connectivity index (χ1v) is 7.84. The van der Waals surface area contributed by atoms with Gasteiger partial charge in [-0.25, -0.2) is 0 Å². The van der Waals surface area contributed by atoms with Crippen molar-refractivity contribution in [1.82, 2.24) is 4.98 Å². The van der Waals surface area contributed by atoms with E-state index in [9.17, 15) is 0 Å². The number of para-hydroxylation sites is 1. The molecule has 0 atom stereocenters. The summed E-state index contributed by atoms with van der Waals surface area (Å²) in [6.45, 7) is 2.07. The summed E-state index contributed by atoms with van der Waals surface area (Å²) >= 11 is 7.18. The maximum Gasteiger partial charge on any atom is 0.107 e. The molecule has 98 valence electrons. The van der Waals surface area contributed by atoms with Crippen molar-refractivity contribution in [2.75, 3.05) is 29.5 Å². The Morgan fingerprint density at radius 2 is 2.00 bits per heavy atom. The Labute approximate surface area is 122 Å². The summed E-state index contributed by atoms with van der Waals surface area (Å²) in [7, 11) is 0. The van der Waals surface area contributed by atoms with Crippen molar-refractivity contribution in [3.05, 3.63) is 36.0 Å². The zero-order valence-corrected chi connectivity index (χ0v) is 12.1. The van der Waals surface area contributed by atoms with Crippen molar-refractivity contribution in [2.24, 2.45) is 5.73 Å². The first-order valence-electron chi connectivity index (χ1n) is 6.27. The number of hydrogen-bond donors (Lipinski definition) is 1. The number of aromatic nitrogens is 1. The summed E-state index contributed by atoms with van der Waals surface area (Å²) < 4.78 is 0. The van der Waals surface area contributed by atoms with Crippen LogP contribution in [0, 0.1) is 0 Å². The molecule has 0 unspecified atom stereocenters. The van der Waals surface area contributed by atoms with Crippen LogP contribution in [0.4, 0.5) is 5.69 Å². The van der Waals surface area contributed by atoms with Gasteiger partial charge in [0.2, 0.25) is 0 Å². The topological polar surface area (TPSA) is 42.1 Å². The monoisotopic (exact) mass is 289 g/mol. The summed E-state index contributed by atoms with van der Waals surface area (Å²) in [6, 6.07) is 8.17. The lowest BCUT2D eigenvalue weighted by Gasteiger charge is -2.31. The minimum atomic E-state index is 0.423. The molecule has 5 heteroatoms. The van der Waals surface area contributed by atoms with Gasteiger partial charge in [0.15, 0.2) is 0 Å². The molecule has 3 rings (SSSR count). The van der Waals surface area contributed by atoms with E-state index in [4.69, 9.17) is 18.0 Å². The lowest BCUT2D eigenvalue weighted by Crippen LogP contribution is -2.34. The minimum absolute atomic E-state index is 0.423. The van der Waals surface area contributed by atoms with E-state index in [1.807, 2.05) is 36.2 Å². The second-order valence-electron chi connectivity index (χ2n) is 4.50. The van der Waals surface area contributed by atoms with Crippen LogP contribution in [0.2, 0.25) is 0 Å². The highest BCUT2D eigenvalue weighted by Crippen LogP contribution is 2.31. The van der Waals surface area contributed by atoms with Crippen LogP contribution in [0.25, 0.3) is 10.9 Å². The molecule has 1 aliphatic rings. The number of rotatable bonds is 2. The molecule has 2 aromatic rings. The molecule has 0 amide bonds. The fourth-order valence-corrected chi connectivity index (χ4v) is 3.49. The molecule has 0 spiro atoms. The Morgan fingerprint density at radius 1 is 1.26 bits per heavy atom. The first kappa shape index (κ1) is 12.7. The van der Waals surface area contributed by atoms with Crippen LogP contribution in [0.1, 0.15) is 5.56 Å². The van der Waals surface area contributed by atoms with E-state index in [2.05, 4.69) is 16.0 Å². The number of thiocarbonyl (C=S) groups is 1. The van der Waals surface area contributed by atoms with E-state index >= 15 is 0 Å². The summed E-state index contributed by atoms with van der Waals surface area (Å²) in [5.41, 5.74) is 8.91. The molecule has 19 heavy (non-hydrogen) atoms. The molecule has 0 radical (unpaired) electrons. The largest absolute Gasteiger partial charge is 0.389 e. The van der Waals surface area contributed by atoms with Crippen molar-refractivity contribution in [3.8, 4) is 0 Å². The van der Waals surface area contributed by atoms with Gasteiger partial charge >= 0.3 is 0 Å². The fraction of sp³-hybridized carbons (Fsp3) is 0.286. The van der Waals surface area contributed by atoms with Crippen LogP contribution < -0.4 is 10.6 Å². The second kappa shape index (κ2) is 5.35. The van der Waals surface area contributed by atoms with Gasteiger partial charge in [0.1, 0.15) is 4.99 Å². The van der Waals surface area contributed by atoms with Crippen molar-refractivity contribution < 1.29 is 0 Å². The fourth-order valence-electron chi connectivity index (χ4n) is 2.43. The number of nitrogens with two attached hydrogens (primary N) is 1. The van der Waals surface area contributed by atoms with Crippen molar-refractivity contribution in [2.45, 2.75) is 0 Å². The Bertz CT molecular complexity index is 621. The van der Waals surface area contributed by atoms with Crippen molar-refractivity contribution >= 4 is 45.6 Å². The number of fused-ring (bicyclic) bond motifs is 1. The van der Waals surface area contributed by atoms with E-state index in [-0.39, 0.29) is 0 Å². The SMILES string of the molecule is NC(=S)c1cnc2ccccc2c1N1CCSCC1. The van der Waals surface area contributed by atoms with Gasteiger partial charge in [-0.15, -0.1) is 0 Å². The maximum absolute atomic E-state index is 5.87. The van der Waals surface area contributed by atoms with E-state index in [1.165, 1.54) is 0 Å². The highest BCUT2D eigenvalue weighted by atomic mass is 32.2. The number of hydrogen-bond acceptors (Lipinski definition) is 4. The minimum Gasteiger partial charge on any atom is -0.389 e. The Kier molecular flexibility index (Phi) is 3.57. The summed E-state index contributed by atoms with van der Waals surface area (Å²) in [6.07, 6.45) is 1.81. The van der Waals surface area contributed by atoms with Crippen LogP contribution in [-0.2, 0) is 0 Å². The van der Waals surface area contributed by atoms with E-state index in [0.717, 1.165) is 46.7 Å². The standard InChI is InChI=1S/C14H15N3S2/c15-14(18)11-9-16-12-4-2-1-3-10(12)13(11)17-5-7-19-8-6-17/h1-4,9H,5-8H2,(H2,15,18). The van der Waals surface area contributed by atoms with Crippen LogP contribution >= 0.6 is 24.0 Å². The molecule has 2 N–H and O–H groups in total. The van der Waals surface area contributed by atoms with Gasteiger partial charge in [-0.1, -0.05) is 30.4 Å². The lowest BCUT2D eigenvalue weighted by molar-refractivity contribution is 0.861. The first-order chi connectivity index (χ1) is 9.27. The van der Waals surface area contributed by atoms with Crippen LogP contribution in [0.3, 0.4) is 0 Å². The smallest absolute Gasteiger partial charge is 0.107 e. The number of pyridine rings is 1. The maximum atomic E-state index is 5.87. The second-order valence-corrected chi connectivity index (χ2v) is 6.17. The Balaban J connectivity index is 2.21. The van der Waals surface area contributed by atoms with E-state index < -0.39 is 0 Å². The molecule has 0 bridgehead atoms. The molecule has 2 heterocycles. The van der Waals surface area contributed by atoms with Gasteiger partial charge in [0, 0.05) is 36.2 Å². The quantitative estimate of drug-likeness (QED) is 0.860. The highest BCUT2D eigenvalue weighted by Gasteiger charge is 2.19. The summed E-state index contributed by atoms with van der Waals surface area (Å²) in [4.78, 5) is 7.27. The van der Waals surface area contributed by atoms with Gasteiger partial charge < -0.3 is 10.6 Å². The number of nitrogens with zero attached hydrogens (tertiary/aromatic N) is 2. The molecular weight excluding hydrogens is 274 g/mol. The normalized spacial score (nSPS) is 15.7. The molecule has 1 aromatic heterocycles. The zero-order valence-electron chi connectivity index (χ0n) is 10.5. The molecular formula is C14H15N3S2. The van der Waals surface area contributed by atoms with E-state index in [1.54, 1.807) is 0 Å². The van der Waals surface area contributed by atoms with Gasteiger partial charge in [0.25, 0.3) is 0 Å². The summed E-state index contributed by atoms with van der Waals surface area (Å²) in [5.74, 6) is 2.29. The number of benzene rings is 1. The van der Waals surface area contributed by atoms with Gasteiger partial charge in [-0.05, 0) is 6.07 Å². The van der Waals surface area contributed by atoms with Crippen LogP contribution in [-0.4, -0.2) is 34.6 Å². The number of anilines is 1. The third-order valence-corrected chi connectivity index (χ3v) is 4.50. The van der Waals surface area contributed by atoms with Crippen LogP contribution in [0.5, 0.6) is 0 Å². The molecule has 0 aliphatic carbocycles. The Hall–Kier alpha value is -1.33. The Morgan fingerprint density at radius 3 is 2.74 bits per heavy atom. The highest BCUT2D eigenvalue weighted by molar-refractivity contribution is 7.99. The van der Waals surface area contributed by atoms with Crippen molar-refractivity contribution in [3.63, 3.8) is 0 Å². The lowest BCUT2D eigenvalue weighted by atomic mass is 10.1. The van der Waals surface area contributed by atoms with Crippen molar-refractivity contribution in [1.29, 1.82) is 0 Å². The third kappa shape index (κ3) is 2.40. The predicted octanol–water partition coefficient (Wildman–Crippen LogP) is 2.42. The number of thioether (sulfide) groups is 1. The molecule has 3 nitrogen and oxygen atoms in total. The van der Waals surface area contributed by atoms with Gasteiger partial charge in [0.05, 0.1) is 16.8 Å². The summed E-state index contributed by atoms with van der Waals surface area (Å²) in [5, 5.41) is 1.14. The molecule has 1 aromatic carbocycles. The third-order valence-electron chi connectivity index (χ3n) is 3.34. The van der Waals surface area contributed by atoms with E-state index in [0.29, 0.717) is 4.99 Å².